The van der Waals surface area contributed by atoms with Gasteiger partial charge >= 0.3 is 11.9 Å². The van der Waals surface area contributed by atoms with Crippen LogP contribution in [-0.4, -0.2) is 31.3 Å². The fourth-order valence-corrected chi connectivity index (χ4v) is 5.36. The van der Waals surface area contributed by atoms with Gasteiger partial charge in [0.1, 0.15) is 6.61 Å². The van der Waals surface area contributed by atoms with Crippen LogP contribution in [0.3, 0.4) is 0 Å². The summed E-state index contributed by atoms with van der Waals surface area (Å²) in [5.74, 6) is -0.949. The molecular formula is C33H63O8P-2. The molecule has 0 radical (unpaired) electrons. The van der Waals surface area contributed by atoms with Gasteiger partial charge in [0.2, 0.25) is 0 Å². The van der Waals surface area contributed by atoms with Crippen LogP contribution in [-0.2, 0) is 28.2 Å². The van der Waals surface area contributed by atoms with Gasteiger partial charge in [-0.25, -0.2) is 0 Å². The molecule has 1 atom stereocenters. The molecule has 0 N–H and O–H groups in total. The van der Waals surface area contributed by atoms with E-state index in [0.29, 0.717) is 12.8 Å². The first-order chi connectivity index (χ1) is 20.3. The summed E-state index contributed by atoms with van der Waals surface area (Å²) in [6.45, 7) is 3.47. The summed E-state index contributed by atoms with van der Waals surface area (Å²) < 4.78 is 25.7. The first kappa shape index (κ1) is 41.0. The van der Waals surface area contributed by atoms with E-state index in [9.17, 15) is 23.9 Å². The molecule has 0 heterocycles. The third-order valence-electron chi connectivity index (χ3n) is 7.62. The highest BCUT2D eigenvalue weighted by molar-refractivity contribution is 7.43. The van der Waals surface area contributed by atoms with Crippen molar-refractivity contribution in [2.24, 2.45) is 0 Å². The molecule has 42 heavy (non-hydrogen) atoms. The molecule has 0 fully saturated rings. The minimum absolute atomic E-state index is 0.187. The molecule has 8 nitrogen and oxygen atoms in total. The fourth-order valence-electron chi connectivity index (χ4n) is 5.01. The molecular weight excluding hydrogens is 555 g/mol. The van der Waals surface area contributed by atoms with Gasteiger partial charge in [-0.1, -0.05) is 155 Å². The average molecular weight is 619 g/mol. The van der Waals surface area contributed by atoms with Crippen molar-refractivity contribution in [3.05, 3.63) is 0 Å². The Hall–Kier alpha value is -0.950. The highest BCUT2D eigenvalue weighted by atomic mass is 31.2. The summed E-state index contributed by atoms with van der Waals surface area (Å²) in [5, 5.41) is 0. The van der Waals surface area contributed by atoms with Crippen molar-refractivity contribution in [2.45, 2.75) is 187 Å². The number of unbranched alkanes of at least 4 members (excludes halogenated alkanes) is 22. The quantitative estimate of drug-likeness (QED) is 0.0417. The zero-order chi connectivity index (χ0) is 31.2. The van der Waals surface area contributed by atoms with Gasteiger partial charge in [0, 0.05) is 12.8 Å². The molecule has 0 spiro atoms. The second-order valence-electron chi connectivity index (χ2n) is 11.8. The molecule has 0 amide bonds. The van der Waals surface area contributed by atoms with Crippen LogP contribution >= 0.6 is 7.82 Å². The van der Waals surface area contributed by atoms with Gasteiger partial charge in [0.15, 0.2) is 6.10 Å². The Morgan fingerprint density at radius 2 is 0.857 bits per heavy atom. The highest BCUT2D eigenvalue weighted by Gasteiger charge is 2.18. The molecule has 0 rings (SSSR count). The minimum Gasteiger partial charge on any atom is -0.790 e. The van der Waals surface area contributed by atoms with Gasteiger partial charge in [-0.3, -0.25) is 9.59 Å². The van der Waals surface area contributed by atoms with Crippen molar-refractivity contribution in [1.29, 1.82) is 0 Å². The second-order valence-corrected chi connectivity index (χ2v) is 13.0. The van der Waals surface area contributed by atoms with Crippen LogP contribution in [0.25, 0.3) is 0 Å². The van der Waals surface area contributed by atoms with Crippen LogP contribution in [0.5, 0.6) is 0 Å². The summed E-state index contributed by atoms with van der Waals surface area (Å²) in [5.41, 5.74) is 0. The normalized spacial score (nSPS) is 12.4. The number of phosphoric acid groups is 1. The lowest BCUT2D eigenvalue weighted by molar-refractivity contribution is -0.343. The van der Waals surface area contributed by atoms with E-state index in [-0.39, 0.29) is 19.4 Å². The van der Waals surface area contributed by atoms with Crippen LogP contribution in [0.15, 0.2) is 0 Å². The van der Waals surface area contributed by atoms with E-state index in [0.717, 1.165) is 32.1 Å². The molecule has 0 aromatic rings. The van der Waals surface area contributed by atoms with Crippen molar-refractivity contribution in [3.63, 3.8) is 0 Å². The Morgan fingerprint density at radius 1 is 0.524 bits per heavy atom. The summed E-state index contributed by atoms with van der Waals surface area (Å²) in [6.07, 6.45) is 27.8. The molecule has 250 valence electrons. The second kappa shape index (κ2) is 30.1. The third kappa shape index (κ3) is 32.0. The van der Waals surface area contributed by atoms with Crippen LogP contribution < -0.4 is 9.79 Å². The maximum atomic E-state index is 12.2. The number of carbonyl (C=O) groups excluding carboxylic acids is 2. The van der Waals surface area contributed by atoms with E-state index < -0.39 is 32.5 Å². The van der Waals surface area contributed by atoms with E-state index in [1.54, 1.807) is 0 Å². The molecule has 0 bridgehead atoms. The maximum Gasteiger partial charge on any atom is 0.306 e. The Balaban J connectivity index is 3.96. The summed E-state index contributed by atoms with van der Waals surface area (Å²) in [6, 6.07) is 0. The van der Waals surface area contributed by atoms with Crippen LogP contribution in [0.4, 0.5) is 0 Å². The van der Waals surface area contributed by atoms with Gasteiger partial charge in [-0.15, -0.1) is 0 Å². The highest BCUT2D eigenvalue weighted by Crippen LogP contribution is 2.25. The standard InChI is InChI=1S/C33H65O8P/c1-3-5-7-9-11-13-15-16-18-19-21-23-25-27-32(34)39-29-31(30-40-42(36,37)38)41-33(35)28-26-24-22-20-17-14-12-10-8-6-4-2/h31H,3-30H2,1-2H3,(H2,36,37,38)/p-2/t31-/m1/s1. The van der Waals surface area contributed by atoms with Crippen LogP contribution in [0.1, 0.15) is 181 Å². The average Bonchev–Trinajstić information content (AvgIpc) is 2.95. The molecule has 0 aliphatic carbocycles. The molecule has 0 unspecified atom stereocenters. The van der Waals surface area contributed by atoms with E-state index in [1.165, 1.54) is 109 Å². The number of rotatable bonds is 32. The van der Waals surface area contributed by atoms with Crippen LogP contribution in [0, 0.1) is 0 Å². The fraction of sp³-hybridized carbons (Fsp3) is 0.939. The van der Waals surface area contributed by atoms with E-state index in [4.69, 9.17) is 9.47 Å². The topological polar surface area (TPSA) is 125 Å². The van der Waals surface area contributed by atoms with Gasteiger partial charge in [0.25, 0.3) is 0 Å². The lowest BCUT2D eigenvalue weighted by Crippen LogP contribution is -2.31. The SMILES string of the molecule is CCCCCCCCCCCCCCCC(=O)OC[C@H](COP(=O)([O-])[O-])OC(=O)CCCCCCCCCCCCC. The lowest BCUT2D eigenvalue weighted by Gasteiger charge is -2.30. The van der Waals surface area contributed by atoms with Gasteiger partial charge in [-0.05, 0) is 12.8 Å². The molecule has 9 heteroatoms. The number of phosphoric ester groups is 1. The monoisotopic (exact) mass is 618 g/mol. The number of carbonyl (C=O) groups is 2. The number of esters is 2. The van der Waals surface area contributed by atoms with Gasteiger partial charge in [0.05, 0.1) is 14.4 Å². The van der Waals surface area contributed by atoms with E-state index >= 15 is 0 Å². The third-order valence-corrected chi connectivity index (χ3v) is 8.08. The molecule has 0 aromatic heterocycles. The zero-order valence-electron chi connectivity index (χ0n) is 27.1. The number of ether oxygens (including phenoxy) is 2. The zero-order valence-corrected chi connectivity index (χ0v) is 28.0. The molecule has 0 saturated heterocycles. The van der Waals surface area contributed by atoms with Gasteiger partial charge in [-0.2, -0.15) is 0 Å². The Bertz CT molecular complexity index is 666. The number of hydrogen-bond donors (Lipinski definition) is 0. The Kier molecular flexibility index (Phi) is 29.4. The predicted molar refractivity (Wildman–Crippen MR) is 166 cm³/mol. The first-order valence-electron chi connectivity index (χ1n) is 17.3. The van der Waals surface area contributed by atoms with E-state index in [1.807, 2.05) is 0 Å². The molecule has 0 aliphatic heterocycles. The van der Waals surface area contributed by atoms with Crippen molar-refractivity contribution in [2.75, 3.05) is 13.2 Å². The van der Waals surface area contributed by atoms with Gasteiger partial charge < -0.3 is 28.3 Å². The Morgan fingerprint density at radius 3 is 1.21 bits per heavy atom. The Labute approximate surface area is 257 Å². The summed E-state index contributed by atoms with van der Waals surface area (Å²) >= 11 is 0. The maximum absolute atomic E-state index is 12.2. The summed E-state index contributed by atoms with van der Waals surface area (Å²) in [7, 11) is -5.23. The van der Waals surface area contributed by atoms with E-state index in [2.05, 4.69) is 18.4 Å². The first-order valence-corrected chi connectivity index (χ1v) is 18.8. The van der Waals surface area contributed by atoms with Crippen molar-refractivity contribution < 1.29 is 37.9 Å². The molecule has 0 aliphatic rings. The van der Waals surface area contributed by atoms with Crippen molar-refractivity contribution >= 4 is 19.8 Å². The smallest absolute Gasteiger partial charge is 0.306 e. The largest absolute Gasteiger partial charge is 0.790 e. The predicted octanol–water partition coefficient (Wildman–Crippen LogP) is 8.47. The van der Waals surface area contributed by atoms with Crippen LogP contribution in [0.2, 0.25) is 0 Å². The molecule has 0 aromatic carbocycles. The minimum atomic E-state index is -5.23. The van der Waals surface area contributed by atoms with Crippen molar-refractivity contribution in [3.8, 4) is 0 Å². The summed E-state index contributed by atoms with van der Waals surface area (Å²) in [4.78, 5) is 46.2. The lowest BCUT2D eigenvalue weighted by atomic mass is 10.0. The number of hydrogen-bond acceptors (Lipinski definition) is 8. The van der Waals surface area contributed by atoms with Crippen molar-refractivity contribution in [1.82, 2.24) is 0 Å². The molecule has 0 saturated carbocycles.